The molecule has 0 radical (unpaired) electrons. The van der Waals surface area contributed by atoms with Crippen molar-refractivity contribution < 1.29 is 9.53 Å². The molecule has 31 heavy (non-hydrogen) atoms. The Balaban J connectivity index is 1.86. The van der Waals surface area contributed by atoms with E-state index in [1.165, 1.54) is 17.7 Å². The molecule has 154 valence electrons. The van der Waals surface area contributed by atoms with Gasteiger partial charge in [0.05, 0.1) is 18.5 Å². The standard InChI is InChI=1S/C26H23N2O2P/c1-30-26(29)21-12-10-11-20(19-21)25(28-24-17-8-9-18-27-24)31(22-13-4-2-5-14-22)23-15-6-3-7-16-23/h2-19,25H,1H3,(H,27,28). The van der Waals surface area contributed by atoms with Crippen LogP contribution in [0, 0.1) is 0 Å². The van der Waals surface area contributed by atoms with Crippen LogP contribution in [0.4, 0.5) is 5.82 Å². The second-order valence-corrected chi connectivity index (χ2v) is 9.21. The third-order valence-corrected chi connectivity index (χ3v) is 7.55. The highest BCUT2D eigenvalue weighted by atomic mass is 31.1. The number of hydrogen-bond acceptors (Lipinski definition) is 4. The summed E-state index contributed by atoms with van der Waals surface area (Å²) >= 11 is 0. The van der Waals surface area contributed by atoms with Crippen LogP contribution in [0.5, 0.6) is 0 Å². The highest BCUT2D eigenvalue weighted by molar-refractivity contribution is 7.73. The van der Waals surface area contributed by atoms with E-state index in [2.05, 4.69) is 58.8 Å². The quantitative estimate of drug-likeness (QED) is 0.330. The largest absolute Gasteiger partial charge is 0.465 e. The average molecular weight is 426 g/mol. The van der Waals surface area contributed by atoms with Gasteiger partial charge in [0.2, 0.25) is 0 Å². The van der Waals surface area contributed by atoms with E-state index < -0.39 is 7.92 Å². The van der Waals surface area contributed by atoms with Gasteiger partial charge in [0, 0.05) is 6.20 Å². The summed E-state index contributed by atoms with van der Waals surface area (Å²) in [6.45, 7) is 0. The van der Waals surface area contributed by atoms with Gasteiger partial charge in [-0.2, -0.15) is 0 Å². The molecule has 0 aliphatic heterocycles. The maximum atomic E-state index is 12.2. The van der Waals surface area contributed by atoms with Gasteiger partial charge in [-0.25, -0.2) is 9.78 Å². The van der Waals surface area contributed by atoms with E-state index in [1.807, 2.05) is 48.5 Å². The lowest BCUT2D eigenvalue weighted by molar-refractivity contribution is 0.0600. The zero-order valence-electron chi connectivity index (χ0n) is 17.2. The first kappa shape index (κ1) is 20.8. The topological polar surface area (TPSA) is 51.2 Å². The van der Waals surface area contributed by atoms with Gasteiger partial charge in [-0.3, -0.25) is 0 Å². The fourth-order valence-corrected chi connectivity index (χ4v) is 6.06. The number of rotatable bonds is 7. The highest BCUT2D eigenvalue weighted by Gasteiger charge is 2.27. The molecule has 0 spiro atoms. The van der Waals surface area contributed by atoms with E-state index in [0.29, 0.717) is 5.56 Å². The fourth-order valence-electron chi connectivity index (χ4n) is 3.46. The number of benzene rings is 3. The van der Waals surface area contributed by atoms with Crippen molar-refractivity contribution in [2.45, 2.75) is 5.78 Å². The van der Waals surface area contributed by atoms with Crippen LogP contribution in [0.1, 0.15) is 21.7 Å². The molecular formula is C26H23N2O2P. The van der Waals surface area contributed by atoms with Crippen LogP contribution in [-0.4, -0.2) is 18.1 Å². The van der Waals surface area contributed by atoms with Gasteiger partial charge < -0.3 is 10.1 Å². The molecule has 0 saturated heterocycles. The van der Waals surface area contributed by atoms with Gasteiger partial charge in [0.1, 0.15) is 5.82 Å². The Morgan fingerprint density at radius 2 is 1.48 bits per heavy atom. The van der Waals surface area contributed by atoms with Crippen molar-refractivity contribution in [3.05, 3.63) is 120 Å². The second kappa shape index (κ2) is 10.0. The molecule has 0 aliphatic rings. The molecule has 0 saturated carbocycles. The molecule has 4 nitrogen and oxygen atoms in total. The molecule has 0 aliphatic carbocycles. The Morgan fingerprint density at radius 3 is 2.06 bits per heavy atom. The molecule has 0 bridgehead atoms. The maximum absolute atomic E-state index is 12.2. The number of carbonyl (C=O) groups is 1. The summed E-state index contributed by atoms with van der Waals surface area (Å²) in [4.78, 5) is 16.7. The molecule has 1 atom stereocenters. The number of carbonyl (C=O) groups excluding carboxylic acids is 1. The van der Waals surface area contributed by atoms with Gasteiger partial charge in [0.15, 0.2) is 0 Å². The van der Waals surface area contributed by atoms with Crippen LogP contribution in [0.2, 0.25) is 0 Å². The lowest BCUT2D eigenvalue weighted by Crippen LogP contribution is -2.22. The Hall–Kier alpha value is -3.49. The Morgan fingerprint density at radius 1 is 0.839 bits per heavy atom. The predicted molar refractivity (Wildman–Crippen MR) is 127 cm³/mol. The minimum absolute atomic E-state index is 0.0979. The van der Waals surface area contributed by atoms with Crippen molar-refractivity contribution in [1.82, 2.24) is 4.98 Å². The van der Waals surface area contributed by atoms with Crippen molar-refractivity contribution in [3.63, 3.8) is 0 Å². The molecule has 5 heteroatoms. The van der Waals surface area contributed by atoms with Crippen molar-refractivity contribution in [1.29, 1.82) is 0 Å². The van der Waals surface area contributed by atoms with Crippen molar-refractivity contribution in [2.24, 2.45) is 0 Å². The van der Waals surface area contributed by atoms with E-state index in [0.717, 1.165) is 11.4 Å². The van der Waals surface area contributed by atoms with E-state index in [1.54, 1.807) is 12.3 Å². The van der Waals surface area contributed by atoms with Crippen molar-refractivity contribution >= 4 is 30.3 Å². The predicted octanol–water partition coefficient (Wildman–Crippen LogP) is 5.11. The zero-order valence-corrected chi connectivity index (χ0v) is 18.1. The average Bonchev–Trinajstić information content (AvgIpc) is 2.85. The summed E-state index contributed by atoms with van der Waals surface area (Å²) in [5.74, 6) is 0.344. The van der Waals surface area contributed by atoms with Gasteiger partial charge in [-0.15, -0.1) is 0 Å². The van der Waals surface area contributed by atoms with E-state index in [-0.39, 0.29) is 11.8 Å². The molecule has 1 N–H and O–H groups in total. The number of hydrogen-bond donors (Lipinski definition) is 1. The van der Waals surface area contributed by atoms with Crippen LogP contribution in [0.3, 0.4) is 0 Å². The van der Waals surface area contributed by atoms with Gasteiger partial charge in [-0.1, -0.05) is 78.9 Å². The molecule has 0 fully saturated rings. The molecule has 1 heterocycles. The SMILES string of the molecule is COC(=O)c1cccc(C(Nc2ccccn2)P(c2ccccc2)c2ccccc2)c1. The maximum Gasteiger partial charge on any atom is 0.337 e. The number of methoxy groups -OCH3 is 1. The lowest BCUT2D eigenvalue weighted by Gasteiger charge is -2.30. The Bertz CT molecular complexity index is 1080. The number of nitrogens with one attached hydrogen (secondary N) is 1. The fraction of sp³-hybridized carbons (Fsp3) is 0.0769. The number of anilines is 1. The van der Waals surface area contributed by atoms with Crippen LogP contribution < -0.4 is 15.9 Å². The number of pyridine rings is 1. The third kappa shape index (κ3) is 4.99. The molecule has 3 aromatic carbocycles. The first-order valence-corrected chi connectivity index (χ1v) is 11.4. The van der Waals surface area contributed by atoms with Crippen molar-refractivity contribution in [3.8, 4) is 0 Å². The lowest BCUT2D eigenvalue weighted by atomic mass is 10.1. The van der Waals surface area contributed by atoms with E-state index in [9.17, 15) is 4.79 Å². The summed E-state index contributed by atoms with van der Waals surface area (Å²) in [5.41, 5.74) is 1.54. The smallest absolute Gasteiger partial charge is 0.337 e. The zero-order chi connectivity index (χ0) is 21.5. The van der Waals surface area contributed by atoms with E-state index >= 15 is 0 Å². The monoisotopic (exact) mass is 426 g/mol. The summed E-state index contributed by atoms with van der Waals surface area (Å²) in [6, 6.07) is 34.4. The first-order valence-electron chi connectivity index (χ1n) is 10.0. The Kier molecular flexibility index (Phi) is 6.71. The molecule has 4 aromatic rings. The van der Waals surface area contributed by atoms with Crippen LogP contribution in [-0.2, 0) is 4.74 Å². The van der Waals surface area contributed by atoms with Crippen LogP contribution in [0.25, 0.3) is 0 Å². The summed E-state index contributed by atoms with van der Waals surface area (Å²) in [5, 5.41) is 6.12. The van der Waals surface area contributed by atoms with Gasteiger partial charge >= 0.3 is 5.97 Å². The summed E-state index contributed by atoms with van der Waals surface area (Å²) < 4.78 is 4.95. The second-order valence-electron chi connectivity index (χ2n) is 6.92. The molecule has 0 amide bonds. The first-order chi connectivity index (χ1) is 15.3. The molecule has 1 unspecified atom stereocenters. The molecular weight excluding hydrogens is 403 g/mol. The molecule has 4 rings (SSSR count). The third-order valence-electron chi connectivity index (χ3n) is 4.90. The number of ether oxygens (including phenoxy) is 1. The van der Waals surface area contributed by atoms with Gasteiger partial charge in [-0.05, 0) is 48.4 Å². The van der Waals surface area contributed by atoms with Crippen LogP contribution >= 0.6 is 7.92 Å². The van der Waals surface area contributed by atoms with Gasteiger partial charge in [0.25, 0.3) is 0 Å². The summed E-state index contributed by atoms with van der Waals surface area (Å²) in [6.07, 6.45) is 1.78. The normalized spacial score (nSPS) is 11.7. The highest BCUT2D eigenvalue weighted by Crippen LogP contribution is 2.49. The molecule has 1 aromatic heterocycles. The number of aromatic nitrogens is 1. The number of nitrogens with zero attached hydrogens (tertiary/aromatic N) is 1. The van der Waals surface area contributed by atoms with E-state index in [4.69, 9.17) is 4.74 Å². The minimum Gasteiger partial charge on any atom is -0.465 e. The van der Waals surface area contributed by atoms with Crippen LogP contribution in [0.15, 0.2) is 109 Å². The number of esters is 1. The Labute approximate surface area is 183 Å². The minimum atomic E-state index is -0.853. The summed E-state index contributed by atoms with van der Waals surface area (Å²) in [7, 11) is 0.549. The van der Waals surface area contributed by atoms with Crippen molar-refractivity contribution in [2.75, 3.05) is 12.4 Å².